The van der Waals surface area contributed by atoms with E-state index in [9.17, 15) is 30.3 Å². The number of amides is 1. The van der Waals surface area contributed by atoms with Gasteiger partial charge >= 0.3 is 0 Å². The monoisotopic (exact) mass is 701 g/mol. The molecule has 1 heterocycles. The number of allylic oxidation sites excluding steroid dienone is 13. The van der Waals surface area contributed by atoms with E-state index in [-0.39, 0.29) is 18.9 Å². The summed E-state index contributed by atoms with van der Waals surface area (Å²) in [5.41, 5.74) is 0. The molecule has 0 aliphatic carbocycles. The van der Waals surface area contributed by atoms with E-state index in [1.165, 1.54) is 25.7 Å². The highest BCUT2D eigenvalue weighted by Gasteiger charge is 2.44. The molecule has 0 bridgehead atoms. The average molecular weight is 702 g/mol. The first-order valence-corrected chi connectivity index (χ1v) is 18.8. The SMILES string of the molecule is CC/C=C\C/C=C\C/C=C\C/C=C\CCC(=O)NC(COC1OC(CO)C(O)C(O)C1O)C(O)/C=C/CC/C=C/CC/C=C/CCCCCC. The third kappa shape index (κ3) is 22.2. The predicted octanol–water partition coefficient (Wildman–Crippen LogP) is 6.43. The maximum Gasteiger partial charge on any atom is 0.220 e. The van der Waals surface area contributed by atoms with Gasteiger partial charge in [0.05, 0.1) is 25.4 Å². The number of ether oxygens (including phenoxy) is 2. The number of rotatable bonds is 28. The van der Waals surface area contributed by atoms with E-state index in [0.717, 1.165) is 51.4 Å². The summed E-state index contributed by atoms with van der Waals surface area (Å²) in [5.74, 6) is -0.278. The lowest BCUT2D eigenvalue weighted by atomic mass is 9.99. The van der Waals surface area contributed by atoms with Crippen molar-refractivity contribution in [3.63, 3.8) is 0 Å². The molecule has 7 unspecified atom stereocenters. The first kappa shape index (κ1) is 45.4. The first-order valence-electron chi connectivity index (χ1n) is 18.8. The Morgan fingerprint density at radius 3 is 1.86 bits per heavy atom. The van der Waals surface area contributed by atoms with Gasteiger partial charge in [0.25, 0.3) is 0 Å². The fourth-order valence-electron chi connectivity index (χ4n) is 5.14. The van der Waals surface area contributed by atoms with E-state index in [1.54, 1.807) is 6.08 Å². The molecular formula is C41H67NO8. The van der Waals surface area contributed by atoms with E-state index in [4.69, 9.17) is 9.47 Å². The molecule has 6 N–H and O–H groups in total. The lowest BCUT2D eigenvalue weighted by Gasteiger charge is -2.40. The molecule has 1 rings (SSSR count). The van der Waals surface area contributed by atoms with Gasteiger partial charge in [0.15, 0.2) is 6.29 Å². The summed E-state index contributed by atoms with van der Waals surface area (Å²) in [7, 11) is 0. The van der Waals surface area contributed by atoms with Crippen molar-refractivity contribution in [3.05, 3.63) is 85.1 Å². The molecule has 0 aromatic carbocycles. The molecule has 0 aromatic rings. The number of unbranched alkanes of at least 4 members (excludes halogenated alkanes) is 6. The lowest BCUT2D eigenvalue weighted by molar-refractivity contribution is -0.302. The van der Waals surface area contributed by atoms with Gasteiger partial charge in [-0.2, -0.15) is 0 Å². The molecule has 9 heteroatoms. The van der Waals surface area contributed by atoms with E-state index in [0.29, 0.717) is 12.8 Å². The fraction of sp³-hybridized carbons (Fsp3) is 0.634. The Labute approximate surface area is 301 Å². The molecule has 1 aliphatic rings. The average Bonchev–Trinajstić information content (AvgIpc) is 3.11. The minimum atomic E-state index is -1.59. The molecule has 9 nitrogen and oxygen atoms in total. The number of nitrogens with one attached hydrogen (secondary N) is 1. The molecular weight excluding hydrogens is 634 g/mol. The number of aliphatic hydroxyl groups excluding tert-OH is 5. The van der Waals surface area contributed by atoms with Gasteiger partial charge in [-0.05, 0) is 70.6 Å². The zero-order valence-electron chi connectivity index (χ0n) is 30.6. The van der Waals surface area contributed by atoms with Crippen LogP contribution in [0.4, 0.5) is 0 Å². The Morgan fingerprint density at radius 2 is 1.26 bits per heavy atom. The summed E-state index contributed by atoms with van der Waals surface area (Å²) in [5, 5.41) is 53.8. The molecule has 0 spiro atoms. The van der Waals surface area contributed by atoms with Crippen LogP contribution in [0.2, 0.25) is 0 Å². The van der Waals surface area contributed by atoms with Crippen LogP contribution in [-0.2, 0) is 14.3 Å². The van der Waals surface area contributed by atoms with Crippen molar-refractivity contribution in [2.75, 3.05) is 13.2 Å². The number of hydrogen-bond donors (Lipinski definition) is 6. The quantitative estimate of drug-likeness (QED) is 0.0404. The topological polar surface area (TPSA) is 149 Å². The third-order valence-corrected chi connectivity index (χ3v) is 8.20. The van der Waals surface area contributed by atoms with Crippen LogP contribution in [0.5, 0.6) is 0 Å². The van der Waals surface area contributed by atoms with Crippen molar-refractivity contribution in [1.29, 1.82) is 0 Å². The molecule has 1 amide bonds. The zero-order valence-corrected chi connectivity index (χ0v) is 30.6. The molecule has 1 fully saturated rings. The Morgan fingerprint density at radius 1 is 0.700 bits per heavy atom. The molecule has 1 aliphatic heterocycles. The summed E-state index contributed by atoms with van der Waals surface area (Å²) < 4.78 is 11.1. The summed E-state index contributed by atoms with van der Waals surface area (Å²) in [6.45, 7) is 3.51. The van der Waals surface area contributed by atoms with E-state index >= 15 is 0 Å². The van der Waals surface area contributed by atoms with Gasteiger partial charge in [-0.15, -0.1) is 0 Å². The van der Waals surface area contributed by atoms with Gasteiger partial charge in [-0.25, -0.2) is 0 Å². The largest absolute Gasteiger partial charge is 0.394 e. The van der Waals surface area contributed by atoms with Crippen LogP contribution in [0.15, 0.2) is 85.1 Å². The van der Waals surface area contributed by atoms with Gasteiger partial charge in [-0.3, -0.25) is 4.79 Å². The van der Waals surface area contributed by atoms with Crippen LogP contribution in [0.3, 0.4) is 0 Å². The van der Waals surface area contributed by atoms with Gasteiger partial charge < -0.3 is 40.3 Å². The highest BCUT2D eigenvalue weighted by Crippen LogP contribution is 2.22. The molecule has 284 valence electrons. The number of hydrogen-bond acceptors (Lipinski definition) is 8. The van der Waals surface area contributed by atoms with Crippen LogP contribution in [0.25, 0.3) is 0 Å². The maximum atomic E-state index is 12.8. The van der Waals surface area contributed by atoms with Crippen molar-refractivity contribution in [1.82, 2.24) is 5.32 Å². The van der Waals surface area contributed by atoms with Crippen LogP contribution >= 0.6 is 0 Å². The van der Waals surface area contributed by atoms with E-state index < -0.39 is 49.5 Å². The smallest absolute Gasteiger partial charge is 0.220 e. The zero-order chi connectivity index (χ0) is 36.7. The van der Waals surface area contributed by atoms with Crippen molar-refractivity contribution in [2.24, 2.45) is 0 Å². The van der Waals surface area contributed by atoms with Crippen molar-refractivity contribution in [2.45, 2.75) is 153 Å². The summed E-state index contributed by atoms with van der Waals surface area (Å²) in [6, 6.07) is -0.868. The molecule has 0 aromatic heterocycles. The Balaban J connectivity index is 2.58. The lowest BCUT2D eigenvalue weighted by Crippen LogP contribution is -2.60. The van der Waals surface area contributed by atoms with E-state index in [1.807, 2.05) is 18.2 Å². The summed E-state index contributed by atoms with van der Waals surface area (Å²) >= 11 is 0. The molecule has 50 heavy (non-hydrogen) atoms. The highest BCUT2D eigenvalue weighted by molar-refractivity contribution is 5.76. The first-order chi connectivity index (χ1) is 24.3. The molecule has 0 radical (unpaired) electrons. The van der Waals surface area contributed by atoms with Crippen LogP contribution in [0, 0.1) is 0 Å². The fourth-order valence-corrected chi connectivity index (χ4v) is 5.14. The minimum Gasteiger partial charge on any atom is -0.394 e. The van der Waals surface area contributed by atoms with Gasteiger partial charge in [0.1, 0.15) is 24.4 Å². The number of carbonyl (C=O) groups excluding carboxylic acids is 1. The molecule has 1 saturated heterocycles. The summed E-state index contributed by atoms with van der Waals surface area (Å²) in [6.07, 6.45) is 35.0. The van der Waals surface area contributed by atoms with Gasteiger partial charge in [0.2, 0.25) is 5.91 Å². The van der Waals surface area contributed by atoms with Crippen molar-refractivity contribution < 1.29 is 39.8 Å². The van der Waals surface area contributed by atoms with E-state index in [2.05, 4.69) is 79.9 Å². The molecule has 7 atom stereocenters. The Bertz CT molecular complexity index is 1050. The number of carbonyl (C=O) groups is 1. The summed E-state index contributed by atoms with van der Waals surface area (Å²) in [4.78, 5) is 12.8. The third-order valence-electron chi connectivity index (χ3n) is 8.20. The standard InChI is InChI=1S/C41H67NO8/c1-3-5-7-9-11-13-15-17-19-20-22-24-26-28-30-35(44)34(33-49-41-40(48)39(47)38(46)36(32-43)50-41)42-37(45)31-29-27-25-23-21-18-16-14-12-10-8-6-4-2/h6,8,12-15,18,20-22,25,27-28,30,34-36,38-41,43-44,46-48H,3-5,7,9-11,16-17,19,23-24,26,29,31-33H2,1-2H3,(H,42,45)/b8-6-,14-12-,15-13+,21-18-,22-20+,27-25-,30-28+. The predicted molar refractivity (Wildman–Crippen MR) is 202 cm³/mol. The van der Waals surface area contributed by atoms with Gasteiger partial charge in [0, 0.05) is 6.42 Å². The second-order valence-electron chi connectivity index (χ2n) is 12.6. The van der Waals surface area contributed by atoms with Gasteiger partial charge in [-0.1, -0.05) is 118 Å². The Hall–Kier alpha value is -2.63. The highest BCUT2D eigenvalue weighted by atomic mass is 16.7. The Kier molecular flexibility index (Phi) is 28.3. The second kappa shape index (κ2) is 31.1. The maximum absolute atomic E-state index is 12.8. The van der Waals surface area contributed by atoms with Crippen molar-refractivity contribution in [3.8, 4) is 0 Å². The van der Waals surface area contributed by atoms with Crippen LogP contribution in [0.1, 0.15) is 110 Å². The van der Waals surface area contributed by atoms with Crippen LogP contribution < -0.4 is 5.32 Å². The second-order valence-corrected chi connectivity index (χ2v) is 12.6. The van der Waals surface area contributed by atoms with Crippen molar-refractivity contribution >= 4 is 5.91 Å². The number of aliphatic hydroxyl groups is 5. The van der Waals surface area contributed by atoms with Crippen LogP contribution in [-0.4, -0.2) is 87.5 Å². The molecule has 0 saturated carbocycles. The normalized spacial score (nSPS) is 23.2. The minimum absolute atomic E-state index is 0.208.